The van der Waals surface area contributed by atoms with Crippen LogP contribution in [0.25, 0.3) is 0 Å². The van der Waals surface area contributed by atoms with Crippen molar-refractivity contribution >= 4 is 39.6 Å². The molecule has 1 heterocycles. The van der Waals surface area contributed by atoms with Gasteiger partial charge in [0.05, 0.1) is 0 Å². The molecule has 29 heavy (non-hydrogen) atoms. The fraction of sp³-hybridized carbons (Fsp3) is 0.238. The van der Waals surface area contributed by atoms with E-state index in [4.69, 9.17) is 4.74 Å². The minimum absolute atomic E-state index is 0.329. The molecular formula is C21H19BrN2O5. The first-order valence-electron chi connectivity index (χ1n) is 9.01. The third-order valence-electron chi connectivity index (χ3n) is 4.79. The lowest BCUT2D eigenvalue weighted by molar-refractivity contribution is -0.147. The van der Waals surface area contributed by atoms with Gasteiger partial charge in [0.15, 0.2) is 12.4 Å². The highest BCUT2D eigenvalue weighted by Crippen LogP contribution is 2.32. The van der Waals surface area contributed by atoms with Gasteiger partial charge in [-0.05, 0) is 24.1 Å². The minimum Gasteiger partial charge on any atom is -0.456 e. The van der Waals surface area contributed by atoms with Crippen molar-refractivity contribution in [2.45, 2.75) is 18.9 Å². The second-order valence-electron chi connectivity index (χ2n) is 6.54. The van der Waals surface area contributed by atoms with Gasteiger partial charge in [-0.3, -0.25) is 19.3 Å². The number of Topliss-reactive ketones (excluding diaryl/α,β-unsaturated/α-hetero) is 1. The first-order valence-corrected chi connectivity index (χ1v) is 9.80. The Labute approximate surface area is 176 Å². The molecule has 1 N–H and O–H groups in total. The zero-order chi connectivity index (χ0) is 21.0. The summed E-state index contributed by atoms with van der Waals surface area (Å²) in [5.41, 5.74) is -0.182. The number of carbonyl (C=O) groups excluding carboxylic acids is 4. The van der Waals surface area contributed by atoms with Gasteiger partial charge in [-0.25, -0.2) is 4.79 Å². The van der Waals surface area contributed by atoms with Gasteiger partial charge in [0.1, 0.15) is 12.1 Å². The van der Waals surface area contributed by atoms with Crippen molar-refractivity contribution in [3.8, 4) is 0 Å². The third-order valence-corrected chi connectivity index (χ3v) is 5.32. The fourth-order valence-electron chi connectivity index (χ4n) is 3.17. The molecule has 3 rings (SSSR count). The predicted molar refractivity (Wildman–Crippen MR) is 108 cm³/mol. The Morgan fingerprint density at radius 1 is 1.07 bits per heavy atom. The van der Waals surface area contributed by atoms with E-state index in [-0.39, 0.29) is 5.78 Å². The number of hydrogen-bond donors (Lipinski definition) is 1. The molecule has 2 aromatic rings. The average Bonchev–Trinajstić information content (AvgIpc) is 2.98. The molecule has 0 unspecified atom stereocenters. The smallest absolute Gasteiger partial charge is 0.326 e. The lowest BCUT2D eigenvalue weighted by atomic mass is 9.87. The highest BCUT2D eigenvalue weighted by Gasteiger charge is 2.51. The molecule has 0 bridgehead atoms. The number of rotatable bonds is 7. The van der Waals surface area contributed by atoms with Crippen LogP contribution < -0.4 is 5.32 Å². The van der Waals surface area contributed by atoms with Crippen molar-refractivity contribution in [3.05, 3.63) is 70.2 Å². The maximum atomic E-state index is 13.0. The average molecular weight is 459 g/mol. The molecule has 1 aliphatic rings. The van der Waals surface area contributed by atoms with Crippen LogP contribution in [0.3, 0.4) is 0 Å². The lowest BCUT2D eigenvalue weighted by Crippen LogP contribution is -2.44. The van der Waals surface area contributed by atoms with E-state index in [1.54, 1.807) is 55.5 Å². The Bertz CT molecular complexity index is 945. The van der Waals surface area contributed by atoms with Crippen molar-refractivity contribution in [1.29, 1.82) is 0 Å². The maximum Gasteiger partial charge on any atom is 0.326 e. The Morgan fingerprint density at radius 2 is 1.72 bits per heavy atom. The Hall–Kier alpha value is -3.00. The van der Waals surface area contributed by atoms with E-state index >= 15 is 0 Å². The van der Waals surface area contributed by atoms with Gasteiger partial charge >= 0.3 is 12.0 Å². The van der Waals surface area contributed by atoms with Crippen LogP contribution in [0.1, 0.15) is 29.3 Å². The number of imide groups is 1. The van der Waals surface area contributed by atoms with Crippen LogP contribution in [0.4, 0.5) is 4.79 Å². The van der Waals surface area contributed by atoms with Gasteiger partial charge in [-0.15, -0.1) is 0 Å². The number of ketones is 1. The topological polar surface area (TPSA) is 92.8 Å². The second kappa shape index (κ2) is 8.57. The van der Waals surface area contributed by atoms with Gasteiger partial charge < -0.3 is 10.1 Å². The maximum absolute atomic E-state index is 13.0. The fourth-order valence-corrected chi connectivity index (χ4v) is 3.44. The predicted octanol–water partition coefficient (Wildman–Crippen LogP) is 3.03. The molecule has 8 heteroatoms. The number of nitrogens with one attached hydrogen (secondary N) is 1. The van der Waals surface area contributed by atoms with Crippen molar-refractivity contribution in [2.24, 2.45) is 0 Å². The largest absolute Gasteiger partial charge is 0.456 e. The summed E-state index contributed by atoms with van der Waals surface area (Å²) < 4.78 is 5.80. The Balaban J connectivity index is 1.64. The normalized spacial score (nSPS) is 18.5. The summed E-state index contributed by atoms with van der Waals surface area (Å²) in [6, 6.07) is 14.8. The number of urea groups is 1. The molecule has 1 atom stereocenters. The number of esters is 1. The highest BCUT2D eigenvalue weighted by atomic mass is 79.9. The zero-order valence-electron chi connectivity index (χ0n) is 15.7. The summed E-state index contributed by atoms with van der Waals surface area (Å²) in [5.74, 6) is -1.73. The number of amides is 3. The molecule has 2 aromatic carbocycles. The van der Waals surface area contributed by atoms with E-state index in [1.807, 2.05) is 6.07 Å². The third kappa shape index (κ3) is 4.22. The molecule has 1 fully saturated rings. The van der Waals surface area contributed by atoms with Crippen LogP contribution >= 0.6 is 15.9 Å². The molecule has 150 valence electrons. The van der Waals surface area contributed by atoms with Crippen molar-refractivity contribution < 1.29 is 23.9 Å². The van der Waals surface area contributed by atoms with Crippen molar-refractivity contribution in [3.63, 3.8) is 0 Å². The van der Waals surface area contributed by atoms with E-state index in [2.05, 4.69) is 21.2 Å². The van der Waals surface area contributed by atoms with E-state index in [0.717, 1.165) is 9.37 Å². The number of halogens is 1. The zero-order valence-corrected chi connectivity index (χ0v) is 17.3. The molecule has 0 spiro atoms. The van der Waals surface area contributed by atoms with Gasteiger partial charge in [0.25, 0.3) is 5.91 Å². The van der Waals surface area contributed by atoms with Crippen LogP contribution in [0.5, 0.6) is 0 Å². The molecule has 3 amide bonds. The Kier molecular flexibility index (Phi) is 6.12. The van der Waals surface area contributed by atoms with Crippen LogP contribution in [0.2, 0.25) is 0 Å². The molecule has 0 radical (unpaired) electrons. The van der Waals surface area contributed by atoms with Gasteiger partial charge in [0.2, 0.25) is 0 Å². The summed E-state index contributed by atoms with van der Waals surface area (Å²) in [5, 5.41) is 2.69. The minimum atomic E-state index is -1.22. The van der Waals surface area contributed by atoms with E-state index in [1.165, 1.54) is 0 Å². The quantitative estimate of drug-likeness (QED) is 0.391. The number of benzene rings is 2. The summed E-state index contributed by atoms with van der Waals surface area (Å²) in [6.07, 6.45) is 0.329. The van der Waals surface area contributed by atoms with Crippen LogP contribution in [0, 0.1) is 0 Å². The molecular weight excluding hydrogens is 440 g/mol. The van der Waals surface area contributed by atoms with Crippen LogP contribution in [-0.4, -0.2) is 41.7 Å². The Morgan fingerprint density at radius 3 is 2.34 bits per heavy atom. The SMILES string of the molecule is CC[C@]1(c2ccccc2)NC(=O)N(CC(=O)OCC(=O)c2ccc(Br)cc2)C1=O. The second-order valence-corrected chi connectivity index (χ2v) is 7.45. The molecule has 0 aromatic heterocycles. The number of hydrogen-bond acceptors (Lipinski definition) is 5. The van der Waals surface area contributed by atoms with E-state index in [0.29, 0.717) is 17.5 Å². The van der Waals surface area contributed by atoms with Gasteiger partial charge in [-0.1, -0.05) is 65.3 Å². The molecule has 0 aliphatic carbocycles. The van der Waals surface area contributed by atoms with Gasteiger partial charge in [-0.2, -0.15) is 0 Å². The lowest BCUT2D eigenvalue weighted by Gasteiger charge is -2.25. The van der Waals surface area contributed by atoms with Crippen LogP contribution in [0.15, 0.2) is 59.1 Å². The standard InChI is InChI=1S/C21H19BrN2O5/c1-2-21(15-6-4-3-5-7-15)19(27)24(20(28)23-21)12-18(26)29-13-17(25)14-8-10-16(22)11-9-14/h3-11H,2,12-13H2,1H3,(H,23,28)/t21-/m1/s1. The summed E-state index contributed by atoms with van der Waals surface area (Å²) in [4.78, 5) is 50.4. The van der Waals surface area contributed by atoms with E-state index < -0.39 is 36.6 Å². The number of carbonyl (C=O) groups is 4. The summed E-state index contributed by atoms with van der Waals surface area (Å²) >= 11 is 3.28. The first-order chi connectivity index (χ1) is 13.9. The number of ether oxygens (including phenoxy) is 1. The summed E-state index contributed by atoms with van der Waals surface area (Å²) in [6.45, 7) is 0.748. The van der Waals surface area contributed by atoms with E-state index in [9.17, 15) is 19.2 Å². The van der Waals surface area contributed by atoms with Crippen molar-refractivity contribution in [1.82, 2.24) is 10.2 Å². The molecule has 7 nitrogen and oxygen atoms in total. The highest BCUT2D eigenvalue weighted by molar-refractivity contribution is 9.10. The van der Waals surface area contributed by atoms with Gasteiger partial charge in [0, 0.05) is 10.0 Å². The molecule has 0 saturated carbocycles. The number of nitrogens with zero attached hydrogens (tertiary/aromatic N) is 1. The monoisotopic (exact) mass is 458 g/mol. The van der Waals surface area contributed by atoms with Crippen LogP contribution in [-0.2, 0) is 19.9 Å². The molecule has 1 saturated heterocycles. The summed E-state index contributed by atoms with van der Waals surface area (Å²) in [7, 11) is 0. The molecule has 1 aliphatic heterocycles. The van der Waals surface area contributed by atoms with Crippen molar-refractivity contribution in [2.75, 3.05) is 13.2 Å². The first kappa shape index (κ1) is 20.7.